The minimum absolute atomic E-state index is 0.941. The zero-order valence-electron chi connectivity index (χ0n) is 31.5. The Morgan fingerprint density at radius 3 is 1.66 bits per heavy atom. The van der Waals surface area contributed by atoms with Crippen LogP contribution in [0.25, 0.3) is 60.4 Å². The molecule has 280 valence electrons. The minimum atomic E-state index is -2.18. The Morgan fingerprint density at radius 1 is 0.441 bits per heavy atom. The Bertz CT molecular complexity index is 3400. The van der Waals surface area contributed by atoms with Gasteiger partial charge in [0.1, 0.15) is 0 Å². The van der Waals surface area contributed by atoms with Crippen molar-refractivity contribution in [3.05, 3.63) is 201 Å². The zero-order valence-corrected chi connectivity index (χ0v) is 36.7. The van der Waals surface area contributed by atoms with Gasteiger partial charge in [0.05, 0.1) is 0 Å². The summed E-state index contributed by atoms with van der Waals surface area (Å²) in [7, 11) is 0. The second kappa shape index (κ2) is 14.6. The fraction of sp³-hybridized carbons (Fsp3) is 0. The molecule has 0 saturated carbocycles. The van der Waals surface area contributed by atoms with E-state index in [1.807, 2.05) is 24.8 Å². The number of pyridine rings is 4. The van der Waals surface area contributed by atoms with E-state index < -0.39 is 11.0 Å². The van der Waals surface area contributed by atoms with Crippen LogP contribution in [0.3, 0.4) is 0 Å². The van der Waals surface area contributed by atoms with Gasteiger partial charge in [0.25, 0.3) is 0 Å². The van der Waals surface area contributed by atoms with Gasteiger partial charge < -0.3 is 0 Å². The molecule has 59 heavy (non-hydrogen) atoms. The van der Waals surface area contributed by atoms with Gasteiger partial charge in [0, 0.05) is 0 Å². The van der Waals surface area contributed by atoms with Crippen LogP contribution in [0.5, 0.6) is 0 Å². The molecule has 0 spiro atoms. The van der Waals surface area contributed by atoms with Crippen molar-refractivity contribution in [1.82, 2.24) is 24.3 Å². The van der Waals surface area contributed by atoms with Gasteiger partial charge in [0.15, 0.2) is 0 Å². The van der Waals surface area contributed by atoms with Crippen LogP contribution < -0.4 is 31.8 Å². The van der Waals surface area contributed by atoms with E-state index in [0.29, 0.717) is 0 Å². The van der Waals surface area contributed by atoms with Gasteiger partial charge >= 0.3 is 359 Å². The topological polar surface area (TPSA) is 56.0 Å². The number of fused-ring (bicyclic) bond motifs is 10. The van der Waals surface area contributed by atoms with E-state index in [1.54, 1.807) is 0 Å². The third kappa shape index (κ3) is 5.88. The molecular formula is C50H33N5P2Se2. The van der Waals surface area contributed by atoms with Crippen molar-refractivity contribution in [3.8, 4) is 11.3 Å². The first kappa shape index (κ1) is 36.5. The predicted octanol–water partition coefficient (Wildman–Crippen LogP) is 8.55. The number of nitrogens with zero attached hydrogens (tertiary/aromatic N) is 5. The van der Waals surface area contributed by atoms with Crippen molar-refractivity contribution >= 4 is 122 Å². The Labute approximate surface area is 356 Å². The molecule has 0 saturated heterocycles. The number of imidazole rings is 1. The molecule has 0 unspecified atom stereocenters. The maximum atomic E-state index is 5.34. The molecule has 11 rings (SSSR count). The number of hydrogen-bond donors (Lipinski definition) is 0. The van der Waals surface area contributed by atoms with Gasteiger partial charge in [-0.1, -0.05) is 0 Å². The molecule has 5 heterocycles. The Kier molecular flexibility index (Phi) is 9.02. The van der Waals surface area contributed by atoms with Crippen LogP contribution in [0.2, 0.25) is 0 Å². The summed E-state index contributed by atoms with van der Waals surface area (Å²) in [5.41, 5.74) is 1.94. The molecule has 0 N–H and O–H groups in total. The monoisotopic (exact) mass is 925 g/mol. The summed E-state index contributed by atoms with van der Waals surface area (Å²) in [6.07, 6.45) is 9.59. The molecule has 0 atom stereocenters. The number of hydrogen-bond acceptors (Lipinski definition) is 4. The van der Waals surface area contributed by atoms with Crippen LogP contribution in [-0.4, -0.2) is 54.5 Å². The Hall–Kier alpha value is -5.60. The van der Waals surface area contributed by atoms with Crippen molar-refractivity contribution in [1.29, 1.82) is 0 Å². The number of aromatic nitrogens is 5. The predicted molar refractivity (Wildman–Crippen MR) is 253 cm³/mol. The standard InChI is InChI=1S/C50H33N5P2Se2/c58-56(38-23-27-51-28-24-38,39-25-29-52-30-26-39)40-17-22-47-48(32-40)55-49-42-19-16-35(31-34(42)15-20-44(49)43-13-7-8-14-45(43)50(55)54-47)46-21-18-41(33-53-46)57(59,36-9-3-1-4-10-36)37-11-5-2-6-12-37/h1-33H. The Morgan fingerprint density at radius 2 is 1.02 bits per heavy atom. The second-order valence-electron chi connectivity index (χ2n) is 14.6. The van der Waals surface area contributed by atoms with E-state index in [2.05, 4.69) is 221 Å². The molecule has 0 amide bonds. The van der Waals surface area contributed by atoms with Crippen molar-refractivity contribution in [2.24, 2.45) is 0 Å². The van der Waals surface area contributed by atoms with Crippen molar-refractivity contribution in [2.45, 2.75) is 0 Å². The first-order chi connectivity index (χ1) is 29.0. The van der Waals surface area contributed by atoms with Gasteiger partial charge in [-0.3, -0.25) is 0 Å². The zero-order chi connectivity index (χ0) is 39.6. The molecular weight excluding hydrogens is 890 g/mol. The van der Waals surface area contributed by atoms with E-state index >= 15 is 0 Å². The fourth-order valence-electron chi connectivity index (χ4n) is 8.53. The van der Waals surface area contributed by atoms with Crippen LogP contribution in [-0.2, 0) is 0 Å². The van der Waals surface area contributed by atoms with Gasteiger partial charge in [-0.15, -0.1) is 0 Å². The van der Waals surface area contributed by atoms with E-state index in [9.17, 15) is 0 Å². The second-order valence-corrected chi connectivity index (χ2v) is 27.0. The molecule has 0 aliphatic heterocycles. The molecule has 5 nitrogen and oxygen atoms in total. The van der Waals surface area contributed by atoms with Crippen LogP contribution in [0, 0.1) is 0 Å². The summed E-state index contributed by atoms with van der Waals surface area (Å²) in [6, 6.07) is 61.2. The molecule has 5 aromatic heterocycles. The summed E-state index contributed by atoms with van der Waals surface area (Å²) < 4.78 is 2.39. The fourth-order valence-corrected chi connectivity index (χ4v) is 18.2. The normalized spacial score (nSPS) is 12.2. The SMILES string of the molecule is [Se]=P(c1ccccc1)(c1ccccc1)c1ccc(-c2ccc3c(ccc4c5ccccc5c5nc6ccc(P(=[Se])(c7ccncc7)c7ccncc7)cc6n5c34)c2)nc1. The molecule has 0 fully saturated rings. The first-order valence-corrected chi connectivity index (χ1v) is 27.3. The third-order valence-corrected chi connectivity index (χ3v) is 25.4. The first-order valence-electron chi connectivity index (χ1n) is 19.3. The third-order valence-electron chi connectivity index (χ3n) is 11.4. The van der Waals surface area contributed by atoms with Gasteiger partial charge in [-0.05, 0) is 0 Å². The van der Waals surface area contributed by atoms with E-state index in [0.717, 1.165) is 49.6 Å². The van der Waals surface area contributed by atoms with Crippen LogP contribution in [0.15, 0.2) is 201 Å². The molecule has 0 radical (unpaired) electrons. The van der Waals surface area contributed by atoms with E-state index in [-0.39, 0.29) is 0 Å². The van der Waals surface area contributed by atoms with E-state index in [1.165, 1.54) is 42.6 Å². The average Bonchev–Trinajstić information content (AvgIpc) is 3.71. The van der Waals surface area contributed by atoms with Crippen LogP contribution in [0.4, 0.5) is 0 Å². The summed E-state index contributed by atoms with van der Waals surface area (Å²) >= 11 is 7.37. The van der Waals surface area contributed by atoms with Crippen molar-refractivity contribution in [3.63, 3.8) is 0 Å². The average molecular weight is 924 g/mol. The molecule has 11 aromatic rings. The molecule has 9 heteroatoms. The van der Waals surface area contributed by atoms with Gasteiger partial charge in [0.2, 0.25) is 0 Å². The maximum absolute atomic E-state index is 5.34. The molecule has 0 aliphatic carbocycles. The molecule has 0 bridgehead atoms. The summed E-state index contributed by atoms with van der Waals surface area (Å²) in [4.78, 5) is 19.2. The number of benzene rings is 6. The molecule has 0 aliphatic rings. The summed E-state index contributed by atoms with van der Waals surface area (Å²) in [5.74, 6) is 0. The van der Waals surface area contributed by atoms with Crippen molar-refractivity contribution in [2.75, 3.05) is 0 Å². The summed E-state index contributed by atoms with van der Waals surface area (Å²) in [5, 5.41) is 13.2. The van der Waals surface area contributed by atoms with Crippen molar-refractivity contribution < 1.29 is 0 Å². The molecule has 6 aromatic carbocycles. The van der Waals surface area contributed by atoms with Crippen LogP contribution >= 0.6 is 11.0 Å². The summed E-state index contributed by atoms with van der Waals surface area (Å²) in [6.45, 7) is 0. The van der Waals surface area contributed by atoms with Gasteiger partial charge in [-0.25, -0.2) is 0 Å². The van der Waals surface area contributed by atoms with Crippen LogP contribution in [0.1, 0.15) is 0 Å². The van der Waals surface area contributed by atoms with Gasteiger partial charge in [-0.2, -0.15) is 0 Å². The number of rotatable bonds is 7. The quantitative estimate of drug-likeness (QED) is 0.0915. The Balaban J connectivity index is 1.10. The van der Waals surface area contributed by atoms with E-state index in [4.69, 9.17) is 9.97 Å².